The van der Waals surface area contributed by atoms with Gasteiger partial charge in [-0.25, -0.2) is 4.98 Å². The second-order valence-corrected chi connectivity index (χ2v) is 10.1. The second kappa shape index (κ2) is 8.61. The summed E-state index contributed by atoms with van der Waals surface area (Å²) in [7, 11) is 0. The van der Waals surface area contributed by atoms with Crippen LogP contribution < -0.4 is 5.32 Å². The number of carbonyl (C=O) groups is 1. The van der Waals surface area contributed by atoms with Gasteiger partial charge in [-0.15, -0.1) is 0 Å². The zero-order valence-electron chi connectivity index (χ0n) is 20.6. The second-order valence-electron chi connectivity index (χ2n) is 10.1. The first-order valence-electron chi connectivity index (χ1n) is 12.5. The molecule has 2 aliphatic rings. The molecule has 1 unspecified atom stereocenters. The molecule has 1 fully saturated rings. The number of amides is 1. The number of aromatic nitrogens is 3. The van der Waals surface area contributed by atoms with Crippen molar-refractivity contribution in [3.63, 3.8) is 0 Å². The Morgan fingerprint density at radius 1 is 1.06 bits per heavy atom. The third-order valence-electron chi connectivity index (χ3n) is 7.49. The van der Waals surface area contributed by atoms with E-state index in [-0.39, 0.29) is 5.91 Å². The Balaban J connectivity index is 1.41. The quantitative estimate of drug-likeness (QED) is 0.438. The van der Waals surface area contributed by atoms with Crippen molar-refractivity contribution in [3.05, 3.63) is 81.9 Å². The van der Waals surface area contributed by atoms with Gasteiger partial charge in [-0.1, -0.05) is 0 Å². The molecule has 2 N–H and O–H groups in total. The minimum Gasteiger partial charge on any atom is -0.346 e. The van der Waals surface area contributed by atoms with E-state index in [9.17, 15) is 4.79 Å². The van der Waals surface area contributed by atoms with Crippen molar-refractivity contribution in [2.24, 2.45) is 0 Å². The smallest absolute Gasteiger partial charge is 0.254 e. The fourth-order valence-electron chi connectivity index (χ4n) is 5.77. The van der Waals surface area contributed by atoms with Gasteiger partial charge in [-0.05, 0) is 105 Å². The summed E-state index contributed by atoms with van der Waals surface area (Å²) in [6, 6.07) is 11.0. The highest BCUT2D eigenvalue weighted by Gasteiger charge is 2.28. The summed E-state index contributed by atoms with van der Waals surface area (Å²) in [5.74, 6) is 0.0845. The number of pyridine rings is 2. The van der Waals surface area contributed by atoms with Crippen LogP contribution in [0.2, 0.25) is 0 Å². The topological polar surface area (TPSA) is 73.9 Å². The SMILES string of the molecule is Cc1cc(C(=O)N2CCc3c(cc(-c4cnc5[nH]cc(C)c5c4)cc3C3CCCN3)C2)cc(C)n1. The minimum atomic E-state index is 0.0845. The van der Waals surface area contributed by atoms with Crippen molar-refractivity contribution >= 4 is 16.9 Å². The van der Waals surface area contributed by atoms with Crippen molar-refractivity contribution in [2.75, 3.05) is 13.1 Å². The summed E-state index contributed by atoms with van der Waals surface area (Å²) >= 11 is 0. The van der Waals surface area contributed by atoms with E-state index in [0.717, 1.165) is 59.5 Å². The van der Waals surface area contributed by atoms with Crippen LogP contribution in [0, 0.1) is 20.8 Å². The standard InChI is InChI=1S/C29H31N5O/c1-17-14-31-28-25(17)13-22(15-32-28)20-11-23-16-34(29(35)21-9-18(2)33-19(3)10-21)8-6-24(23)26(12-20)27-5-4-7-30-27/h9-15,27,30H,4-8,16H2,1-3H3,(H,31,32). The summed E-state index contributed by atoms with van der Waals surface area (Å²) in [5, 5.41) is 4.85. The highest BCUT2D eigenvalue weighted by Crippen LogP contribution is 2.36. The van der Waals surface area contributed by atoms with Gasteiger partial charge in [0, 0.05) is 59.4 Å². The van der Waals surface area contributed by atoms with E-state index in [4.69, 9.17) is 0 Å². The van der Waals surface area contributed by atoms with Gasteiger partial charge >= 0.3 is 0 Å². The normalized spacial score (nSPS) is 17.7. The summed E-state index contributed by atoms with van der Waals surface area (Å²) in [6.45, 7) is 8.42. The molecule has 6 heteroatoms. The highest BCUT2D eigenvalue weighted by atomic mass is 16.2. The molecular formula is C29H31N5O. The molecule has 3 aromatic heterocycles. The Kier molecular flexibility index (Phi) is 5.41. The lowest BCUT2D eigenvalue weighted by Crippen LogP contribution is -2.37. The molecule has 1 amide bonds. The van der Waals surface area contributed by atoms with Crippen molar-refractivity contribution in [3.8, 4) is 11.1 Å². The van der Waals surface area contributed by atoms with Crippen molar-refractivity contribution < 1.29 is 4.79 Å². The van der Waals surface area contributed by atoms with Crippen LogP contribution in [0.25, 0.3) is 22.2 Å². The lowest BCUT2D eigenvalue weighted by molar-refractivity contribution is 0.0734. The van der Waals surface area contributed by atoms with E-state index in [0.29, 0.717) is 12.6 Å². The van der Waals surface area contributed by atoms with Crippen LogP contribution >= 0.6 is 0 Å². The fraction of sp³-hybridized carbons (Fsp3) is 0.345. The van der Waals surface area contributed by atoms with E-state index >= 15 is 0 Å². The third kappa shape index (κ3) is 4.02. The van der Waals surface area contributed by atoms with E-state index in [1.807, 2.05) is 43.3 Å². The first-order valence-corrected chi connectivity index (χ1v) is 12.5. The number of hydrogen-bond acceptors (Lipinski definition) is 4. The molecule has 0 saturated carbocycles. The van der Waals surface area contributed by atoms with Crippen LogP contribution in [0.1, 0.15) is 62.9 Å². The number of aromatic amines is 1. The van der Waals surface area contributed by atoms with Crippen LogP contribution in [0.5, 0.6) is 0 Å². The van der Waals surface area contributed by atoms with Crippen molar-refractivity contribution in [2.45, 2.75) is 52.6 Å². The lowest BCUT2D eigenvalue weighted by atomic mass is 9.86. The molecule has 6 rings (SSSR count). The summed E-state index contributed by atoms with van der Waals surface area (Å²) < 4.78 is 0. The van der Waals surface area contributed by atoms with Crippen LogP contribution in [0.4, 0.5) is 0 Å². The van der Waals surface area contributed by atoms with Crippen LogP contribution in [0.3, 0.4) is 0 Å². The molecule has 1 saturated heterocycles. The Morgan fingerprint density at radius 3 is 2.66 bits per heavy atom. The summed E-state index contributed by atoms with van der Waals surface area (Å²) in [5.41, 5.74) is 10.9. The molecule has 0 aliphatic carbocycles. The number of nitrogens with zero attached hydrogens (tertiary/aromatic N) is 3. The molecule has 0 bridgehead atoms. The van der Waals surface area contributed by atoms with Gasteiger partial charge in [0.25, 0.3) is 5.91 Å². The maximum atomic E-state index is 13.4. The molecular weight excluding hydrogens is 434 g/mol. The van der Waals surface area contributed by atoms with Gasteiger partial charge in [0.2, 0.25) is 0 Å². The zero-order chi connectivity index (χ0) is 24.1. The van der Waals surface area contributed by atoms with Gasteiger partial charge in [0.15, 0.2) is 0 Å². The molecule has 1 atom stereocenters. The predicted octanol–water partition coefficient (Wildman–Crippen LogP) is 5.17. The summed E-state index contributed by atoms with van der Waals surface area (Å²) in [4.78, 5) is 27.8. The summed E-state index contributed by atoms with van der Waals surface area (Å²) in [6.07, 6.45) is 7.20. The number of benzene rings is 1. The number of aryl methyl sites for hydroxylation is 3. The average Bonchev–Trinajstić information content (AvgIpc) is 3.52. The Morgan fingerprint density at radius 2 is 1.89 bits per heavy atom. The number of rotatable bonds is 3. The number of carbonyl (C=O) groups excluding carboxylic acids is 1. The monoisotopic (exact) mass is 465 g/mol. The van der Waals surface area contributed by atoms with E-state index in [2.05, 4.69) is 45.4 Å². The Hall–Kier alpha value is -3.51. The largest absolute Gasteiger partial charge is 0.346 e. The number of fused-ring (bicyclic) bond motifs is 2. The maximum Gasteiger partial charge on any atom is 0.254 e. The molecule has 0 radical (unpaired) electrons. The van der Waals surface area contributed by atoms with Gasteiger partial charge in [0.05, 0.1) is 0 Å². The van der Waals surface area contributed by atoms with Crippen LogP contribution in [-0.2, 0) is 13.0 Å². The van der Waals surface area contributed by atoms with Gasteiger partial charge in [-0.3, -0.25) is 9.78 Å². The van der Waals surface area contributed by atoms with Gasteiger partial charge in [0.1, 0.15) is 5.65 Å². The van der Waals surface area contributed by atoms with Crippen LogP contribution in [0.15, 0.2) is 42.7 Å². The molecule has 6 nitrogen and oxygen atoms in total. The molecule has 2 aliphatic heterocycles. The van der Waals surface area contributed by atoms with E-state index in [1.165, 1.54) is 34.2 Å². The fourth-order valence-corrected chi connectivity index (χ4v) is 5.77. The molecule has 35 heavy (non-hydrogen) atoms. The average molecular weight is 466 g/mol. The zero-order valence-corrected chi connectivity index (χ0v) is 20.6. The number of nitrogens with one attached hydrogen (secondary N) is 2. The Labute approximate surface area is 205 Å². The first kappa shape index (κ1) is 22.0. The predicted molar refractivity (Wildman–Crippen MR) is 138 cm³/mol. The molecule has 4 aromatic rings. The van der Waals surface area contributed by atoms with Crippen molar-refractivity contribution in [1.82, 2.24) is 25.2 Å². The van der Waals surface area contributed by atoms with Gasteiger partial charge in [-0.2, -0.15) is 0 Å². The number of H-pyrrole nitrogens is 1. The first-order chi connectivity index (χ1) is 17.0. The molecule has 0 spiro atoms. The van der Waals surface area contributed by atoms with E-state index < -0.39 is 0 Å². The lowest BCUT2D eigenvalue weighted by Gasteiger charge is -2.32. The van der Waals surface area contributed by atoms with Crippen molar-refractivity contribution in [1.29, 1.82) is 0 Å². The molecule has 5 heterocycles. The third-order valence-corrected chi connectivity index (χ3v) is 7.49. The maximum absolute atomic E-state index is 13.4. The van der Waals surface area contributed by atoms with E-state index in [1.54, 1.807) is 0 Å². The molecule has 178 valence electrons. The molecule has 1 aromatic carbocycles. The highest BCUT2D eigenvalue weighted by molar-refractivity contribution is 5.94. The number of hydrogen-bond donors (Lipinski definition) is 2. The Bertz CT molecular complexity index is 1430. The van der Waals surface area contributed by atoms with Gasteiger partial charge < -0.3 is 15.2 Å². The minimum absolute atomic E-state index is 0.0845. The van der Waals surface area contributed by atoms with Crippen LogP contribution in [-0.4, -0.2) is 38.8 Å².